The molecule has 0 aliphatic carbocycles. The molecule has 0 unspecified atom stereocenters. The zero-order valence-electron chi connectivity index (χ0n) is 10.0. The largest absolute Gasteiger partial charge is 0.311 e. The molecule has 0 fully saturated rings. The summed E-state index contributed by atoms with van der Waals surface area (Å²) in [6.45, 7) is 3.76. The lowest BCUT2D eigenvalue weighted by Crippen LogP contribution is -2.13. The van der Waals surface area contributed by atoms with Crippen molar-refractivity contribution in [2.24, 2.45) is 0 Å². The van der Waals surface area contributed by atoms with Crippen LogP contribution >= 0.6 is 15.9 Å². The van der Waals surface area contributed by atoms with E-state index in [-0.39, 0.29) is 5.82 Å². The second-order valence-electron chi connectivity index (χ2n) is 3.93. The molecule has 0 spiro atoms. The SMILES string of the molecule is CCCNCc1cn(-c2ccc(F)c(Br)c2)nn1. The molecule has 6 heteroatoms. The Bertz CT molecular complexity index is 527. The van der Waals surface area contributed by atoms with Crippen molar-refractivity contribution < 1.29 is 4.39 Å². The van der Waals surface area contributed by atoms with E-state index in [4.69, 9.17) is 0 Å². The van der Waals surface area contributed by atoms with E-state index in [2.05, 4.69) is 38.5 Å². The van der Waals surface area contributed by atoms with Crippen molar-refractivity contribution in [3.8, 4) is 5.69 Å². The number of hydrogen-bond acceptors (Lipinski definition) is 3. The Morgan fingerprint density at radius 3 is 3.00 bits per heavy atom. The van der Waals surface area contributed by atoms with Gasteiger partial charge < -0.3 is 5.32 Å². The summed E-state index contributed by atoms with van der Waals surface area (Å²) in [6.07, 6.45) is 2.92. The summed E-state index contributed by atoms with van der Waals surface area (Å²) in [5.74, 6) is -0.288. The lowest BCUT2D eigenvalue weighted by atomic mass is 10.3. The van der Waals surface area contributed by atoms with Gasteiger partial charge in [-0.3, -0.25) is 0 Å². The second kappa shape index (κ2) is 6.06. The van der Waals surface area contributed by atoms with Gasteiger partial charge in [-0.1, -0.05) is 12.1 Å². The first-order valence-corrected chi connectivity index (χ1v) is 6.57. The van der Waals surface area contributed by atoms with E-state index < -0.39 is 0 Å². The Kier molecular flexibility index (Phi) is 4.43. The Hall–Kier alpha value is -1.27. The smallest absolute Gasteiger partial charge is 0.137 e. The molecule has 0 saturated carbocycles. The number of benzene rings is 1. The molecule has 96 valence electrons. The molecule has 0 aliphatic heterocycles. The molecule has 2 aromatic rings. The third-order valence-corrected chi connectivity index (χ3v) is 3.05. The topological polar surface area (TPSA) is 42.7 Å². The van der Waals surface area contributed by atoms with Crippen LogP contribution in [0.25, 0.3) is 5.69 Å². The van der Waals surface area contributed by atoms with E-state index in [1.807, 2.05) is 6.20 Å². The van der Waals surface area contributed by atoms with E-state index in [1.165, 1.54) is 6.07 Å². The van der Waals surface area contributed by atoms with Gasteiger partial charge in [0.25, 0.3) is 0 Å². The summed E-state index contributed by atoms with van der Waals surface area (Å²) in [6, 6.07) is 4.74. The lowest BCUT2D eigenvalue weighted by Gasteiger charge is -2.01. The Labute approximate surface area is 113 Å². The van der Waals surface area contributed by atoms with Crippen LogP contribution in [0.5, 0.6) is 0 Å². The molecule has 1 aromatic carbocycles. The molecule has 0 bridgehead atoms. The van der Waals surface area contributed by atoms with Crippen molar-refractivity contribution in [2.45, 2.75) is 19.9 Å². The van der Waals surface area contributed by atoms with E-state index in [0.29, 0.717) is 11.0 Å². The Morgan fingerprint density at radius 2 is 2.28 bits per heavy atom. The van der Waals surface area contributed by atoms with Crippen molar-refractivity contribution in [3.63, 3.8) is 0 Å². The average molecular weight is 313 g/mol. The van der Waals surface area contributed by atoms with Crippen LogP contribution in [0.4, 0.5) is 4.39 Å². The van der Waals surface area contributed by atoms with Gasteiger partial charge in [-0.05, 0) is 47.1 Å². The van der Waals surface area contributed by atoms with Crippen LogP contribution in [-0.2, 0) is 6.54 Å². The number of nitrogens with one attached hydrogen (secondary N) is 1. The number of nitrogens with zero attached hydrogens (tertiary/aromatic N) is 3. The number of rotatable bonds is 5. The second-order valence-corrected chi connectivity index (χ2v) is 4.78. The molecular formula is C12H14BrFN4. The fourth-order valence-corrected chi connectivity index (χ4v) is 1.89. The van der Waals surface area contributed by atoms with Crippen LogP contribution in [0.2, 0.25) is 0 Å². The molecule has 1 N–H and O–H groups in total. The minimum absolute atomic E-state index is 0.288. The van der Waals surface area contributed by atoms with Crippen LogP contribution in [0.3, 0.4) is 0 Å². The van der Waals surface area contributed by atoms with Gasteiger partial charge in [0.1, 0.15) is 5.82 Å². The van der Waals surface area contributed by atoms with E-state index in [9.17, 15) is 4.39 Å². The summed E-state index contributed by atoms with van der Waals surface area (Å²) in [5, 5.41) is 11.3. The highest BCUT2D eigenvalue weighted by molar-refractivity contribution is 9.10. The molecule has 0 radical (unpaired) electrons. The molecule has 18 heavy (non-hydrogen) atoms. The van der Waals surface area contributed by atoms with Crippen LogP contribution in [0, 0.1) is 5.82 Å². The zero-order valence-corrected chi connectivity index (χ0v) is 11.6. The quantitative estimate of drug-likeness (QED) is 0.863. The van der Waals surface area contributed by atoms with Crippen molar-refractivity contribution >= 4 is 15.9 Å². The number of aromatic nitrogens is 3. The summed E-state index contributed by atoms with van der Waals surface area (Å²) in [5.41, 5.74) is 1.64. The van der Waals surface area contributed by atoms with Gasteiger partial charge in [-0.2, -0.15) is 0 Å². The monoisotopic (exact) mass is 312 g/mol. The van der Waals surface area contributed by atoms with Crippen molar-refractivity contribution in [2.75, 3.05) is 6.54 Å². The predicted octanol–water partition coefficient (Wildman–Crippen LogP) is 2.67. The van der Waals surface area contributed by atoms with Crippen molar-refractivity contribution in [3.05, 3.63) is 40.4 Å². The van der Waals surface area contributed by atoms with Crippen LogP contribution in [0.1, 0.15) is 19.0 Å². The maximum Gasteiger partial charge on any atom is 0.137 e. The minimum Gasteiger partial charge on any atom is -0.311 e. The molecule has 0 saturated heterocycles. The van der Waals surface area contributed by atoms with E-state index in [0.717, 1.165) is 24.3 Å². The molecule has 0 amide bonds. The van der Waals surface area contributed by atoms with Crippen LogP contribution in [0.15, 0.2) is 28.9 Å². The molecule has 0 atom stereocenters. The summed E-state index contributed by atoms with van der Waals surface area (Å²) in [7, 11) is 0. The Morgan fingerprint density at radius 1 is 1.44 bits per heavy atom. The minimum atomic E-state index is -0.288. The number of halogens is 2. The highest BCUT2D eigenvalue weighted by atomic mass is 79.9. The normalized spacial score (nSPS) is 10.8. The molecule has 1 aromatic heterocycles. The van der Waals surface area contributed by atoms with Crippen LogP contribution in [-0.4, -0.2) is 21.5 Å². The summed E-state index contributed by atoms with van der Waals surface area (Å²) in [4.78, 5) is 0. The molecule has 1 heterocycles. The van der Waals surface area contributed by atoms with Gasteiger partial charge in [0.2, 0.25) is 0 Å². The lowest BCUT2D eigenvalue weighted by molar-refractivity contribution is 0.620. The highest BCUT2D eigenvalue weighted by Gasteiger charge is 2.05. The summed E-state index contributed by atoms with van der Waals surface area (Å²) < 4.78 is 15.2. The van der Waals surface area contributed by atoms with Crippen LogP contribution < -0.4 is 5.32 Å². The maximum absolute atomic E-state index is 13.1. The van der Waals surface area contributed by atoms with Crippen molar-refractivity contribution in [1.29, 1.82) is 0 Å². The first kappa shape index (κ1) is 13.2. The fourth-order valence-electron chi connectivity index (χ4n) is 1.53. The third kappa shape index (κ3) is 3.14. The molecule has 2 rings (SSSR count). The van der Waals surface area contributed by atoms with Gasteiger partial charge in [-0.15, -0.1) is 5.10 Å². The molecular weight excluding hydrogens is 299 g/mol. The third-order valence-electron chi connectivity index (χ3n) is 2.44. The van der Waals surface area contributed by atoms with Gasteiger partial charge in [-0.25, -0.2) is 9.07 Å². The van der Waals surface area contributed by atoms with E-state index in [1.54, 1.807) is 16.8 Å². The zero-order chi connectivity index (χ0) is 13.0. The summed E-state index contributed by atoms with van der Waals surface area (Å²) >= 11 is 3.15. The highest BCUT2D eigenvalue weighted by Crippen LogP contribution is 2.18. The van der Waals surface area contributed by atoms with E-state index >= 15 is 0 Å². The van der Waals surface area contributed by atoms with Gasteiger partial charge in [0.15, 0.2) is 0 Å². The van der Waals surface area contributed by atoms with Crippen molar-refractivity contribution in [1.82, 2.24) is 20.3 Å². The Balaban J connectivity index is 2.11. The first-order chi connectivity index (χ1) is 8.70. The van der Waals surface area contributed by atoms with Gasteiger partial charge in [0.05, 0.1) is 22.1 Å². The first-order valence-electron chi connectivity index (χ1n) is 5.78. The standard InChI is InChI=1S/C12H14BrFN4/c1-2-5-15-7-9-8-18(17-16-9)10-3-4-12(14)11(13)6-10/h3-4,6,8,15H,2,5,7H2,1H3. The maximum atomic E-state index is 13.1. The fraction of sp³-hybridized carbons (Fsp3) is 0.333. The molecule has 4 nitrogen and oxygen atoms in total. The van der Waals surface area contributed by atoms with Gasteiger partial charge >= 0.3 is 0 Å². The molecule has 0 aliphatic rings. The van der Waals surface area contributed by atoms with Gasteiger partial charge in [0, 0.05) is 6.54 Å². The predicted molar refractivity (Wildman–Crippen MR) is 71.0 cm³/mol. The number of hydrogen-bond donors (Lipinski definition) is 1. The average Bonchev–Trinajstić information content (AvgIpc) is 2.82.